The normalized spacial score (nSPS) is 26.7. The molecule has 4 aromatic rings. The van der Waals surface area contributed by atoms with Gasteiger partial charge in [-0.25, -0.2) is 0 Å². The van der Waals surface area contributed by atoms with E-state index in [0.29, 0.717) is 13.2 Å². The molecule has 27 heavy (non-hydrogen) atoms. The van der Waals surface area contributed by atoms with Crippen molar-refractivity contribution in [3.05, 3.63) is 72.1 Å². The topological polar surface area (TPSA) is 65.9 Å². The van der Waals surface area contributed by atoms with Crippen molar-refractivity contribution in [2.45, 2.75) is 24.4 Å². The molecule has 2 aliphatic heterocycles. The molecular weight excluding hydrogens is 340 g/mol. The molecule has 2 aromatic carbocycles. The minimum absolute atomic E-state index is 0.133. The van der Waals surface area contributed by atoms with Crippen LogP contribution in [-0.2, 0) is 14.2 Å². The molecule has 0 spiro atoms. The minimum atomic E-state index is 0.133. The molecule has 136 valence electrons. The Balaban J connectivity index is 1.05. The number of rotatable bonds is 6. The Morgan fingerprint density at radius 2 is 1.22 bits per heavy atom. The molecule has 0 amide bonds. The molecule has 4 heterocycles. The van der Waals surface area contributed by atoms with Gasteiger partial charge in [0.1, 0.15) is 24.4 Å². The van der Waals surface area contributed by atoms with Crippen LogP contribution < -0.4 is 0 Å². The molecule has 2 fully saturated rings. The molecule has 5 nitrogen and oxygen atoms in total. The summed E-state index contributed by atoms with van der Waals surface area (Å²) >= 11 is 0. The standard InChI is InChI=1S/C22H20N2O3/c1-3-15(13-7-9-23-17(13)5-1)21-19(26-21)11-25-12-20-22(27-20)16-4-2-6-18-14(16)8-10-24-18/h1-10,19-24H,11-12H2. The number of aromatic amines is 2. The molecule has 2 saturated heterocycles. The van der Waals surface area contributed by atoms with Crippen molar-refractivity contribution in [3.8, 4) is 0 Å². The molecule has 0 aliphatic carbocycles. The van der Waals surface area contributed by atoms with E-state index in [1.807, 2.05) is 12.4 Å². The van der Waals surface area contributed by atoms with Gasteiger partial charge in [0.15, 0.2) is 0 Å². The fourth-order valence-electron chi connectivity index (χ4n) is 4.10. The lowest BCUT2D eigenvalue weighted by Gasteiger charge is -2.01. The summed E-state index contributed by atoms with van der Waals surface area (Å²) in [5.41, 5.74) is 4.77. The molecule has 4 atom stereocenters. The fraction of sp³-hybridized carbons (Fsp3) is 0.273. The number of hydrogen-bond acceptors (Lipinski definition) is 3. The Morgan fingerprint density at radius 3 is 1.74 bits per heavy atom. The first-order valence-corrected chi connectivity index (χ1v) is 9.39. The first-order valence-electron chi connectivity index (χ1n) is 9.39. The first kappa shape index (κ1) is 15.5. The Morgan fingerprint density at radius 1 is 0.704 bits per heavy atom. The maximum atomic E-state index is 5.91. The molecular formula is C22H20N2O3. The largest absolute Gasteiger partial charge is 0.376 e. The third kappa shape index (κ3) is 2.67. The number of benzene rings is 2. The average molecular weight is 360 g/mol. The quantitative estimate of drug-likeness (QED) is 0.505. The van der Waals surface area contributed by atoms with E-state index in [-0.39, 0.29) is 24.4 Å². The number of fused-ring (bicyclic) bond motifs is 2. The summed E-state index contributed by atoms with van der Waals surface area (Å²) in [6.45, 7) is 1.21. The van der Waals surface area contributed by atoms with Crippen LogP contribution >= 0.6 is 0 Å². The van der Waals surface area contributed by atoms with Gasteiger partial charge in [-0.1, -0.05) is 24.3 Å². The molecule has 0 bridgehead atoms. The Labute approximate surface area is 156 Å². The van der Waals surface area contributed by atoms with Gasteiger partial charge in [0.2, 0.25) is 0 Å². The molecule has 0 radical (unpaired) electrons. The molecule has 4 unspecified atom stereocenters. The predicted octanol–water partition coefficient (Wildman–Crippen LogP) is 4.25. The van der Waals surface area contributed by atoms with Gasteiger partial charge in [0.05, 0.1) is 13.2 Å². The van der Waals surface area contributed by atoms with Gasteiger partial charge >= 0.3 is 0 Å². The van der Waals surface area contributed by atoms with Crippen LogP contribution in [0.2, 0.25) is 0 Å². The molecule has 2 aliphatic rings. The van der Waals surface area contributed by atoms with Crippen LogP contribution in [0.1, 0.15) is 23.3 Å². The highest BCUT2D eigenvalue weighted by molar-refractivity contribution is 5.84. The van der Waals surface area contributed by atoms with Crippen LogP contribution in [0.15, 0.2) is 60.9 Å². The number of aromatic nitrogens is 2. The zero-order chi connectivity index (χ0) is 17.8. The molecule has 0 saturated carbocycles. The summed E-state index contributed by atoms with van der Waals surface area (Å²) < 4.78 is 17.6. The van der Waals surface area contributed by atoms with Crippen molar-refractivity contribution in [2.24, 2.45) is 0 Å². The van der Waals surface area contributed by atoms with E-state index in [4.69, 9.17) is 14.2 Å². The zero-order valence-corrected chi connectivity index (χ0v) is 14.7. The van der Waals surface area contributed by atoms with Gasteiger partial charge in [0, 0.05) is 34.2 Å². The first-order chi connectivity index (χ1) is 13.4. The van der Waals surface area contributed by atoms with Crippen molar-refractivity contribution in [1.29, 1.82) is 0 Å². The van der Waals surface area contributed by atoms with E-state index >= 15 is 0 Å². The van der Waals surface area contributed by atoms with Crippen molar-refractivity contribution in [2.75, 3.05) is 13.2 Å². The summed E-state index contributed by atoms with van der Waals surface area (Å²) in [6.07, 6.45) is 4.48. The van der Waals surface area contributed by atoms with E-state index in [0.717, 1.165) is 11.0 Å². The SMILES string of the molecule is c1cc(C2OC2COCC2OC2c2cccc3[nH]ccc23)c2cc[nH]c2c1. The van der Waals surface area contributed by atoms with E-state index in [2.05, 4.69) is 58.5 Å². The Bertz CT molecular complexity index is 1030. The van der Waals surface area contributed by atoms with E-state index in [1.165, 1.54) is 21.9 Å². The summed E-state index contributed by atoms with van der Waals surface area (Å²) in [5.74, 6) is 0. The lowest BCUT2D eigenvalue weighted by atomic mass is 10.1. The minimum Gasteiger partial charge on any atom is -0.376 e. The number of epoxide rings is 2. The smallest absolute Gasteiger partial charge is 0.112 e. The summed E-state index contributed by atoms with van der Waals surface area (Å²) in [4.78, 5) is 6.50. The highest BCUT2D eigenvalue weighted by atomic mass is 16.6. The van der Waals surface area contributed by atoms with Crippen LogP contribution in [0.25, 0.3) is 21.8 Å². The van der Waals surface area contributed by atoms with Crippen LogP contribution in [0.4, 0.5) is 0 Å². The predicted molar refractivity (Wildman–Crippen MR) is 103 cm³/mol. The lowest BCUT2D eigenvalue weighted by Crippen LogP contribution is -2.08. The number of hydrogen-bond donors (Lipinski definition) is 2. The van der Waals surface area contributed by atoms with Gasteiger partial charge in [-0.15, -0.1) is 0 Å². The second-order valence-electron chi connectivity index (χ2n) is 7.30. The van der Waals surface area contributed by atoms with Gasteiger partial charge < -0.3 is 24.2 Å². The Hall–Kier alpha value is -2.60. The number of nitrogens with one attached hydrogen (secondary N) is 2. The average Bonchev–Trinajstić information content (AvgIpc) is 3.51. The third-order valence-electron chi connectivity index (χ3n) is 5.60. The monoisotopic (exact) mass is 360 g/mol. The molecule has 5 heteroatoms. The number of ether oxygens (including phenoxy) is 3. The Kier molecular flexibility index (Phi) is 3.41. The van der Waals surface area contributed by atoms with E-state index in [1.54, 1.807) is 0 Å². The maximum absolute atomic E-state index is 5.91. The molecule has 6 rings (SSSR count). The van der Waals surface area contributed by atoms with Crippen LogP contribution in [0.5, 0.6) is 0 Å². The fourth-order valence-corrected chi connectivity index (χ4v) is 4.10. The van der Waals surface area contributed by atoms with Crippen molar-refractivity contribution in [3.63, 3.8) is 0 Å². The zero-order valence-electron chi connectivity index (χ0n) is 14.7. The van der Waals surface area contributed by atoms with E-state index < -0.39 is 0 Å². The molecule has 2 N–H and O–H groups in total. The van der Waals surface area contributed by atoms with Crippen LogP contribution in [0, 0.1) is 0 Å². The maximum Gasteiger partial charge on any atom is 0.112 e. The summed E-state index contributed by atoms with van der Waals surface area (Å²) in [7, 11) is 0. The van der Waals surface area contributed by atoms with Crippen molar-refractivity contribution in [1.82, 2.24) is 9.97 Å². The lowest BCUT2D eigenvalue weighted by molar-refractivity contribution is 0.102. The summed E-state index contributed by atoms with van der Waals surface area (Å²) in [5, 5.41) is 2.46. The molecule has 2 aromatic heterocycles. The van der Waals surface area contributed by atoms with Crippen molar-refractivity contribution >= 4 is 21.8 Å². The van der Waals surface area contributed by atoms with Crippen molar-refractivity contribution < 1.29 is 14.2 Å². The van der Waals surface area contributed by atoms with Crippen LogP contribution in [0.3, 0.4) is 0 Å². The van der Waals surface area contributed by atoms with Gasteiger partial charge in [-0.2, -0.15) is 0 Å². The van der Waals surface area contributed by atoms with Crippen LogP contribution in [-0.4, -0.2) is 35.4 Å². The highest BCUT2D eigenvalue weighted by Crippen LogP contribution is 2.44. The third-order valence-corrected chi connectivity index (χ3v) is 5.60. The summed E-state index contributed by atoms with van der Waals surface area (Å²) in [6, 6.07) is 16.8. The van der Waals surface area contributed by atoms with Gasteiger partial charge in [-0.3, -0.25) is 0 Å². The van der Waals surface area contributed by atoms with Gasteiger partial charge in [-0.05, 0) is 35.4 Å². The number of H-pyrrole nitrogens is 2. The second-order valence-corrected chi connectivity index (χ2v) is 7.30. The highest BCUT2D eigenvalue weighted by Gasteiger charge is 2.44. The van der Waals surface area contributed by atoms with Gasteiger partial charge in [0.25, 0.3) is 0 Å². The van der Waals surface area contributed by atoms with E-state index in [9.17, 15) is 0 Å². The second kappa shape index (κ2) is 5.96.